The Kier molecular flexibility index (Phi) is 4.71. The molecule has 0 saturated heterocycles. The van der Waals surface area contributed by atoms with Crippen LogP contribution in [0.5, 0.6) is 0 Å². The summed E-state index contributed by atoms with van der Waals surface area (Å²) in [6.45, 7) is 1.91. The molecule has 0 aliphatic heterocycles. The molecule has 28 heavy (non-hydrogen) atoms. The van der Waals surface area contributed by atoms with Crippen LogP contribution in [0.25, 0.3) is 16.9 Å². The number of sulfonamides is 1. The molecule has 5 nitrogen and oxygen atoms in total. The molecular weight excluding hydrogens is 370 g/mol. The maximum absolute atomic E-state index is 12.7. The fourth-order valence-corrected chi connectivity index (χ4v) is 3.91. The Labute approximate surface area is 164 Å². The normalized spacial score (nSPS) is 11.3. The van der Waals surface area contributed by atoms with Gasteiger partial charge in [-0.3, -0.25) is 4.72 Å². The van der Waals surface area contributed by atoms with Crippen molar-refractivity contribution in [3.63, 3.8) is 0 Å². The molecular formula is C22H19N3O2S. The highest BCUT2D eigenvalue weighted by Gasteiger charge is 2.18. The second-order valence-corrected chi connectivity index (χ2v) is 8.13. The van der Waals surface area contributed by atoms with Crippen LogP contribution in [0.1, 0.15) is 5.56 Å². The summed E-state index contributed by atoms with van der Waals surface area (Å²) >= 11 is 0. The van der Waals surface area contributed by atoms with Crippen LogP contribution in [0.4, 0.5) is 5.82 Å². The van der Waals surface area contributed by atoms with Gasteiger partial charge in [-0.05, 0) is 31.2 Å². The number of hydrogen-bond acceptors (Lipinski definition) is 3. The monoisotopic (exact) mass is 389 g/mol. The number of nitrogens with one attached hydrogen (secondary N) is 1. The number of nitrogens with zero attached hydrogens (tertiary/aromatic N) is 2. The Morgan fingerprint density at radius 1 is 0.821 bits per heavy atom. The third-order valence-corrected chi connectivity index (χ3v) is 5.72. The van der Waals surface area contributed by atoms with Crippen molar-refractivity contribution in [2.75, 3.05) is 4.72 Å². The van der Waals surface area contributed by atoms with Crippen LogP contribution in [-0.4, -0.2) is 18.2 Å². The third kappa shape index (κ3) is 3.68. The lowest BCUT2D eigenvalue weighted by Gasteiger charge is -2.07. The van der Waals surface area contributed by atoms with Gasteiger partial charge in [0, 0.05) is 11.6 Å². The van der Waals surface area contributed by atoms with E-state index in [1.165, 1.54) is 0 Å². The first kappa shape index (κ1) is 18.0. The van der Waals surface area contributed by atoms with Crippen molar-refractivity contribution in [3.8, 4) is 16.9 Å². The molecule has 4 aromatic rings. The van der Waals surface area contributed by atoms with Gasteiger partial charge in [-0.25, -0.2) is 13.1 Å². The van der Waals surface area contributed by atoms with Crippen molar-refractivity contribution < 1.29 is 8.42 Å². The Morgan fingerprint density at radius 3 is 2.07 bits per heavy atom. The molecule has 0 aliphatic carbocycles. The lowest BCUT2D eigenvalue weighted by Crippen LogP contribution is -2.13. The molecule has 140 valence electrons. The molecule has 0 unspecified atom stereocenters. The second-order valence-electron chi connectivity index (χ2n) is 6.45. The van der Waals surface area contributed by atoms with Gasteiger partial charge in [0.25, 0.3) is 10.0 Å². The predicted octanol–water partition coefficient (Wildman–Crippen LogP) is 4.65. The van der Waals surface area contributed by atoms with Gasteiger partial charge in [-0.1, -0.05) is 66.2 Å². The van der Waals surface area contributed by atoms with Crippen molar-refractivity contribution >= 4 is 15.8 Å². The summed E-state index contributed by atoms with van der Waals surface area (Å²) in [5.74, 6) is 0.267. The number of benzene rings is 3. The van der Waals surface area contributed by atoms with Crippen LogP contribution in [-0.2, 0) is 10.0 Å². The molecule has 4 rings (SSSR count). The summed E-state index contributed by atoms with van der Waals surface area (Å²) in [4.78, 5) is 0.202. The number of rotatable bonds is 5. The largest absolute Gasteiger partial charge is 0.263 e. The molecule has 0 radical (unpaired) electrons. The van der Waals surface area contributed by atoms with Crippen molar-refractivity contribution in [2.24, 2.45) is 0 Å². The van der Waals surface area contributed by atoms with E-state index < -0.39 is 10.0 Å². The van der Waals surface area contributed by atoms with Gasteiger partial charge in [0.05, 0.1) is 16.3 Å². The van der Waals surface area contributed by atoms with Crippen molar-refractivity contribution in [3.05, 3.63) is 96.6 Å². The average molecular weight is 389 g/mol. The SMILES string of the molecule is Cc1ccc(S(=O)(=O)Nc2cc(-c3ccccc3)n(-c3ccccc3)n2)cc1. The summed E-state index contributed by atoms with van der Waals surface area (Å²) in [6.07, 6.45) is 0. The highest BCUT2D eigenvalue weighted by molar-refractivity contribution is 7.92. The van der Waals surface area contributed by atoms with E-state index >= 15 is 0 Å². The molecule has 0 spiro atoms. The average Bonchev–Trinajstić information content (AvgIpc) is 3.13. The van der Waals surface area contributed by atoms with Crippen molar-refractivity contribution in [1.29, 1.82) is 0 Å². The minimum Gasteiger partial charge on any atom is -0.262 e. The maximum Gasteiger partial charge on any atom is 0.263 e. The Hall–Kier alpha value is -3.38. The van der Waals surface area contributed by atoms with Crippen LogP contribution in [0.3, 0.4) is 0 Å². The number of aromatic nitrogens is 2. The lowest BCUT2D eigenvalue weighted by atomic mass is 10.1. The van der Waals surface area contributed by atoms with E-state index in [9.17, 15) is 8.42 Å². The third-order valence-electron chi connectivity index (χ3n) is 4.35. The maximum atomic E-state index is 12.7. The van der Waals surface area contributed by atoms with E-state index in [1.54, 1.807) is 35.0 Å². The zero-order chi connectivity index (χ0) is 19.6. The molecule has 3 aromatic carbocycles. The van der Waals surface area contributed by atoms with Crippen LogP contribution in [0.15, 0.2) is 95.9 Å². The fraction of sp³-hybridized carbons (Fsp3) is 0.0455. The van der Waals surface area contributed by atoms with Gasteiger partial charge in [-0.15, -0.1) is 5.10 Å². The zero-order valence-corrected chi connectivity index (χ0v) is 16.1. The number of para-hydroxylation sites is 1. The topological polar surface area (TPSA) is 64.0 Å². The minimum absolute atomic E-state index is 0.202. The molecule has 6 heteroatoms. The van der Waals surface area contributed by atoms with Gasteiger partial charge in [0.2, 0.25) is 0 Å². The highest BCUT2D eigenvalue weighted by atomic mass is 32.2. The summed E-state index contributed by atoms with van der Waals surface area (Å²) < 4.78 is 29.8. The quantitative estimate of drug-likeness (QED) is 0.540. The molecule has 0 fully saturated rings. The minimum atomic E-state index is -3.72. The van der Waals surface area contributed by atoms with E-state index in [-0.39, 0.29) is 10.7 Å². The van der Waals surface area contributed by atoms with Crippen LogP contribution >= 0.6 is 0 Å². The smallest absolute Gasteiger partial charge is 0.262 e. The Morgan fingerprint density at radius 2 is 1.43 bits per heavy atom. The molecule has 0 bridgehead atoms. The van der Waals surface area contributed by atoms with Gasteiger partial charge in [0.1, 0.15) is 0 Å². The summed E-state index contributed by atoms with van der Waals surface area (Å²) in [6, 6.07) is 27.8. The Bertz CT molecular complexity index is 1130. The van der Waals surface area contributed by atoms with Crippen LogP contribution in [0, 0.1) is 6.92 Å². The molecule has 1 aromatic heterocycles. The van der Waals surface area contributed by atoms with Crippen molar-refractivity contribution in [1.82, 2.24) is 9.78 Å². The molecule has 0 saturated carbocycles. The van der Waals surface area contributed by atoms with Gasteiger partial charge in [-0.2, -0.15) is 0 Å². The summed E-state index contributed by atoms with van der Waals surface area (Å²) in [7, 11) is -3.72. The van der Waals surface area contributed by atoms with Gasteiger partial charge >= 0.3 is 0 Å². The van der Waals surface area contributed by atoms with E-state index in [1.807, 2.05) is 67.6 Å². The molecule has 0 amide bonds. The van der Waals surface area contributed by atoms with Crippen molar-refractivity contribution in [2.45, 2.75) is 11.8 Å². The van der Waals surface area contributed by atoms with Crippen LogP contribution in [0.2, 0.25) is 0 Å². The van der Waals surface area contributed by atoms with E-state index in [0.717, 1.165) is 22.5 Å². The number of anilines is 1. The van der Waals surface area contributed by atoms with Gasteiger partial charge in [0.15, 0.2) is 5.82 Å². The zero-order valence-electron chi connectivity index (χ0n) is 15.3. The molecule has 0 aliphatic rings. The van der Waals surface area contributed by atoms with Gasteiger partial charge < -0.3 is 0 Å². The number of hydrogen-bond donors (Lipinski definition) is 1. The Balaban J connectivity index is 1.76. The number of aryl methyl sites for hydroxylation is 1. The highest BCUT2D eigenvalue weighted by Crippen LogP contribution is 2.27. The lowest BCUT2D eigenvalue weighted by molar-refractivity contribution is 0.601. The van der Waals surface area contributed by atoms with E-state index in [2.05, 4.69) is 9.82 Å². The standard InChI is InChI=1S/C22H19N3O2S/c1-17-12-14-20(15-13-17)28(26,27)24-22-16-21(18-8-4-2-5-9-18)25(23-22)19-10-6-3-7-11-19/h2-16H,1H3,(H,23,24). The first-order chi connectivity index (χ1) is 13.5. The van der Waals surface area contributed by atoms with Crippen LogP contribution < -0.4 is 4.72 Å². The summed E-state index contributed by atoms with van der Waals surface area (Å²) in [5.41, 5.74) is 3.59. The fourth-order valence-electron chi connectivity index (χ4n) is 2.93. The predicted molar refractivity (Wildman–Crippen MR) is 111 cm³/mol. The molecule has 1 N–H and O–H groups in total. The second kappa shape index (κ2) is 7.32. The van der Waals surface area contributed by atoms with E-state index in [0.29, 0.717) is 0 Å². The molecule has 0 atom stereocenters. The molecule has 1 heterocycles. The summed E-state index contributed by atoms with van der Waals surface area (Å²) in [5, 5.41) is 4.51. The van der Waals surface area contributed by atoms with E-state index in [4.69, 9.17) is 0 Å². The first-order valence-electron chi connectivity index (χ1n) is 8.83. The first-order valence-corrected chi connectivity index (χ1v) is 10.3.